The maximum atomic E-state index is 6.14. The lowest BCUT2D eigenvalue weighted by Gasteiger charge is -2.13. The summed E-state index contributed by atoms with van der Waals surface area (Å²) in [7, 11) is 0. The van der Waals surface area contributed by atoms with Gasteiger partial charge in [0.1, 0.15) is 0 Å². The lowest BCUT2D eigenvalue weighted by molar-refractivity contribution is 0.522. The summed E-state index contributed by atoms with van der Waals surface area (Å²) in [6.07, 6.45) is 4.82. The standard InChI is InChI=1S/C14H15N3/c1-2-13(15)17-9-7-10-5-6-12-11(14(10)17)4-3-8-16-12/h3-9,13H,2,15H2,1H3/t13-/m1/s1. The molecule has 0 saturated heterocycles. The highest BCUT2D eigenvalue weighted by molar-refractivity contribution is 6.04. The van der Waals surface area contributed by atoms with Gasteiger partial charge in [0.05, 0.1) is 17.2 Å². The third-order valence-electron chi connectivity index (χ3n) is 3.24. The Morgan fingerprint density at radius 1 is 1.29 bits per heavy atom. The van der Waals surface area contributed by atoms with Gasteiger partial charge in [0.2, 0.25) is 0 Å². The smallest absolute Gasteiger partial charge is 0.0812 e. The molecule has 0 aliphatic carbocycles. The summed E-state index contributed by atoms with van der Waals surface area (Å²) < 4.78 is 2.14. The number of pyridine rings is 1. The van der Waals surface area contributed by atoms with Gasteiger partial charge in [0, 0.05) is 23.2 Å². The molecule has 0 unspecified atom stereocenters. The molecule has 0 aliphatic rings. The normalized spacial score (nSPS) is 13.3. The van der Waals surface area contributed by atoms with Crippen LogP contribution in [0.3, 0.4) is 0 Å². The summed E-state index contributed by atoms with van der Waals surface area (Å²) in [5.41, 5.74) is 8.34. The summed E-state index contributed by atoms with van der Waals surface area (Å²) in [5.74, 6) is 0. The number of nitrogens with zero attached hydrogens (tertiary/aromatic N) is 2. The van der Waals surface area contributed by atoms with Crippen molar-refractivity contribution in [1.29, 1.82) is 0 Å². The van der Waals surface area contributed by atoms with Crippen molar-refractivity contribution in [1.82, 2.24) is 9.55 Å². The fraction of sp³-hybridized carbons (Fsp3) is 0.214. The Balaban J connectivity index is 2.42. The van der Waals surface area contributed by atoms with E-state index in [2.05, 4.69) is 46.9 Å². The third kappa shape index (κ3) is 1.51. The van der Waals surface area contributed by atoms with Gasteiger partial charge in [0.15, 0.2) is 0 Å². The van der Waals surface area contributed by atoms with E-state index in [9.17, 15) is 0 Å². The molecule has 3 heteroatoms. The van der Waals surface area contributed by atoms with E-state index in [0.29, 0.717) is 0 Å². The number of benzene rings is 1. The van der Waals surface area contributed by atoms with Gasteiger partial charge in [-0.15, -0.1) is 0 Å². The van der Waals surface area contributed by atoms with Gasteiger partial charge in [-0.2, -0.15) is 0 Å². The third-order valence-corrected chi connectivity index (χ3v) is 3.24. The van der Waals surface area contributed by atoms with Gasteiger partial charge in [0.25, 0.3) is 0 Å². The number of hydrogen-bond acceptors (Lipinski definition) is 2. The van der Waals surface area contributed by atoms with Crippen molar-refractivity contribution in [2.24, 2.45) is 5.73 Å². The van der Waals surface area contributed by atoms with Gasteiger partial charge in [-0.05, 0) is 30.7 Å². The minimum absolute atomic E-state index is 0.0262. The number of fused-ring (bicyclic) bond motifs is 3. The Morgan fingerprint density at radius 2 is 2.18 bits per heavy atom. The lowest BCUT2D eigenvalue weighted by Crippen LogP contribution is -2.16. The zero-order valence-electron chi connectivity index (χ0n) is 9.80. The molecule has 2 heterocycles. The number of rotatable bonds is 2. The first kappa shape index (κ1) is 10.3. The zero-order chi connectivity index (χ0) is 11.8. The molecule has 0 saturated carbocycles. The summed E-state index contributed by atoms with van der Waals surface area (Å²) >= 11 is 0. The van der Waals surface area contributed by atoms with E-state index in [0.717, 1.165) is 11.9 Å². The van der Waals surface area contributed by atoms with E-state index < -0.39 is 0 Å². The first-order valence-electron chi connectivity index (χ1n) is 5.91. The molecule has 1 atom stereocenters. The largest absolute Gasteiger partial charge is 0.331 e. The van der Waals surface area contributed by atoms with Crippen LogP contribution in [0.1, 0.15) is 19.5 Å². The van der Waals surface area contributed by atoms with Crippen molar-refractivity contribution in [3.05, 3.63) is 42.7 Å². The maximum absolute atomic E-state index is 6.14. The molecule has 0 bridgehead atoms. The van der Waals surface area contributed by atoms with Crippen molar-refractivity contribution < 1.29 is 0 Å². The van der Waals surface area contributed by atoms with E-state index in [-0.39, 0.29) is 6.17 Å². The topological polar surface area (TPSA) is 43.8 Å². The second-order valence-electron chi connectivity index (χ2n) is 4.27. The Kier molecular flexibility index (Phi) is 2.34. The molecule has 0 fully saturated rings. The van der Waals surface area contributed by atoms with Crippen LogP contribution < -0.4 is 5.73 Å². The number of nitrogens with two attached hydrogens (primary N) is 1. The van der Waals surface area contributed by atoms with E-state index in [4.69, 9.17) is 5.73 Å². The van der Waals surface area contributed by atoms with Crippen LogP contribution in [0.4, 0.5) is 0 Å². The van der Waals surface area contributed by atoms with Crippen molar-refractivity contribution in [3.8, 4) is 0 Å². The monoisotopic (exact) mass is 225 g/mol. The van der Waals surface area contributed by atoms with E-state index >= 15 is 0 Å². The van der Waals surface area contributed by atoms with Crippen molar-refractivity contribution in [2.45, 2.75) is 19.5 Å². The molecule has 3 aromatic rings. The molecule has 86 valence electrons. The van der Waals surface area contributed by atoms with Crippen LogP contribution >= 0.6 is 0 Å². The second kappa shape index (κ2) is 3.86. The Labute approximate surface area is 99.9 Å². The quantitative estimate of drug-likeness (QED) is 0.728. The van der Waals surface area contributed by atoms with Crippen molar-refractivity contribution in [2.75, 3.05) is 0 Å². The fourth-order valence-corrected chi connectivity index (χ4v) is 2.28. The average Bonchev–Trinajstić information content (AvgIpc) is 2.82. The molecule has 1 aromatic carbocycles. The van der Waals surface area contributed by atoms with Gasteiger partial charge < -0.3 is 10.3 Å². The molecule has 2 N–H and O–H groups in total. The fourth-order valence-electron chi connectivity index (χ4n) is 2.28. The predicted octanol–water partition coefficient (Wildman–Crippen LogP) is 3.06. The SMILES string of the molecule is CC[C@H](N)n1ccc2ccc3ncccc3c21. The van der Waals surface area contributed by atoms with Gasteiger partial charge in [-0.1, -0.05) is 13.0 Å². The van der Waals surface area contributed by atoms with E-state index in [1.54, 1.807) is 0 Å². The van der Waals surface area contributed by atoms with Crippen LogP contribution in [-0.4, -0.2) is 9.55 Å². The van der Waals surface area contributed by atoms with Crippen LogP contribution in [0.25, 0.3) is 21.8 Å². The molecule has 0 amide bonds. The maximum Gasteiger partial charge on any atom is 0.0812 e. The molecule has 3 nitrogen and oxygen atoms in total. The van der Waals surface area contributed by atoms with Gasteiger partial charge in [-0.3, -0.25) is 4.98 Å². The van der Waals surface area contributed by atoms with E-state index in [1.165, 1.54) is 16.3 Å². The molecule has 2 aromatic heterocycles. The minimum Gasteiger partial charge on any atom is -0.331 e. The molecular weight excluding hydrogens is 210 g/mol. The van der Waals surface area contributed by atoms with Crippen LogP contribution in [0.2, 0.25) is 0 Å². The zero-order valence-corrected chi connectivity index (χ0v) is 9.80. The van der Waals surface area contributed by atoms with Crippen molar-refractivity contribution in [3.63, 3.8) is 0 Å². The van der Waals surface area contributed by atoms with E-state index in [1.807, 2.05) is 12.3 Å². The number of aromatic nitrogens is 2. The van der Waals surface area contributed by atoms with Crippen LogP contribution in [0.5, 0.6) is 0 Å². The summed E-state index contributed by atoms with van der Waals surface area (Å²) in [5, 5.41) is 2.38. The average molecular weight is 225 g/mol. The lowest BCUT2D eigenvalue weighted by atomic mass is 10.1. The summed E-state index contributed by atoms with van der Waals surface area (Å²) in [6.45, 7) is 2.10. The number of hydrogen-bond donors (Lipinski definition) is 1. The van der Waals surface area contributed by atoms with Crippen LogP contribution in [-0.2, 0) is 0 Å². The first-order chi connectivity index (χ1) is 8.31. The summed E-state index contributed by atoms with van der Waals surface area (Å²) in [6, 6.07) is 10.3. The van der Waals surface area contributed by atoms with Gasteiger partial charge >= 0.3 is 0 Å². The van der Waals surface area contributed by atoms with Crippen LogP contribution in [0.15, 0.2) is 42.7 Å². The Morgan fingerprint density at radius 3 is 3.00 bits per heavy atom. The first-order valence-corrected chi connectivity index (χ1v) is 5.91. The molecular formula is C14H15N3. The molecule has 0 aliphatic heterocycles. The minimum atomic E-state index is 0.0262. The predicted molar refractivity (Wildman–Crippen MR) is 70.8 cm³/mol. The molecule has 3 rings (SSSR count). The molecule has 0 spiro atoms. The Bertz CT molecular complexity index is 669. The van der Waals surface area contributed by atoms with Gasteiger partial charge in [-0.25, -0.2) is 0 Å². The molecule has 17 heavy (non-hydrogen) atoms. The Hall–Kier alpha value is -1.87. The highest BCUT2D eigenvalue weighted by Crippen LogP contribution is 2.27. The second-order valence-corrected chi connectivity index (χ2v) is 4.27. The van der Waals surface area contributed by atoms with Crippen molar-refractivity contribution >= 4 is 21.8 Å². The highest BCUT2D eigenvalue weighted by atomic mass is 15.1. The summed E-state index contributed by atoms with van der Waals surface area (Å²) in [4.78, 5) is 4.38. The molecule has 0 radical (unpaired) electrons. The van der Waals surface area contributed by atoms with Crippen LogP contribution in [0, 0.1) is 0 Å². The highest BCUT2D eigenvalue weighted by Gasteiger charge is 2.09.